The third-order valence-corrected chi connectivity index (χ3v) is 6.11. The first-order valence-corrected chi connectivity index (χ1v) is 9.22. The molecule has 1 aliphatic heterocycles. The van der Waals surface area contributed by atoms with Crippen LogP contribution in [-0.2, 0) is 6.42 Å². The van der Waals surface area contributed by atoms with Crippen molar-refractivity contribution in [3.63, 3.8) is 0 Å². The van der Waals surface area contributed by atoms with Gasteiger partial charge < -0.3 is 11.1 Å². The fourth-order valence-corrected chi connectivity index (χ4v) is 4.66. The summed E-state index contributed by atoms with van der Waals surface area (Å²) in [5, 5.41) is 5.95. The third-order valence-electron chi connectivity index (χ3n) is 4.02. The van der Waals surface area contributed by atoms with Gasteiger partial charge in [0, 0.05) is 13.5 Å². The minimum absolute atomic E-state index is 0.0219. The molecule has 1 aliphatic rings. The van der Waals surface area contributed by atoms with Gasteiger partial charge in [-0.3, -0.25) is 9.79 Å². The van der Waals surface area contributed by atoms with Crippen LogP contribution in [0.1, 0.15) is 25.7 Å². The highest BCUT2D eigenvalue weighted by Gasteiger charge is 2.27. The number of nitrogens with two attached hydrogens (primary N) is 1. The number of anilines is 2. The maximum absolute atomic E-state index is 12.7. The zero-order valence-corrected chi connectivity index (χ0v) is 14.6. The fourth-order valence-electron chi connectivity index (χ4n) is 2.87. The smallest absolute Gasteiger partial charge is 0.215 e. The monoisotopic (exact) mass is 353 g/mol. The highest BCUT2D eigenvalue weighted by atomic mass is 32.1. The number of carbonyl (C=O) groups is 1. The topological polar surface area (TPSA) is 67.5 Å². The summed E-state index contributed by atoms with van der Waals surface area (Å²) in [6.07, 6.45) is 0.735. The van der Waals surface area contributed by atoms with Crippen molar-refractivity contribution in [1.29, 1.82) is 0 Å². The number of thiophene rings is 2. The molecule has 2 aromatic heterocycles. The number of rotatable bonds is 4. The minimum Gasteiger partial charge on any atom is -0.397 e. The zero-order chi connectivity index (χ0) is 16.7. The van der Waals surface area contributed by atoms with Gasteiger partial charge in [0.2, 0.25) is 5.78 Å². The molecule has 120 valence electrons. The number of aliphatic imine (C=N–C) groups is 1. The van der Waals surface area contributed by atoms with E-state index in [1.165, 1.54) is 28.2 Å². The van der Waals surface area contributed by atoms with Crippen LogP contribution in [-0.4, -0.2) is 18.5 Å². The number of benzene rings is 1. The standard InChI is InChI=1S/C18H15N3OS2/c1-20-18-14(12-9-10-5-2-3-6-11(10)21-12)15(19)17(24-18)16(22)13-7-4-8-23-13/h2-8,20H,9,19H2,1H3. The first-order chi connectivity index (χ1) is 11.7. The first kappa shape index (κ1) is 15.1. The minimum atomic E-state index is -0.0219. The van der Waals surface area contributed by atoms with Crippen LogP contribution in [0.3, 0.4) is 0 Å². The molecule has 0 amide bonds. The number of carbonyl (C=O) groups excluding carboxylic acids is 1. The Morgan fingerprint density at radius 3 is 2.79 bits per heavy atom. The molecule has 3 aromatic rings. The average Bonchev–Trinajstić information content (AvgIpc) is 3.31. The molecule has 3 N–H and O–H groups in total. The van der Waals surface area contributed by atoms with Crippen molar-refractivity contribution in [2.75, 3.05) is 18.1 Å². The van der Waals surface area contributed by atoms with Gasteiger partial charge in [-0.05, 0) is 23.1 Å². The lowest BCUT2D eigenvalue weighted by Gasteiger charge is -2.04. The van der Waals surface area contributed by atoms with Gasteiger partial charge in [0.25, 0.3) is 0 Å². The second-order valence-electron chi connectivity index (χ2n) is 5.47. The van der Waals surface area contributed by atoms with Crippen LogP contribution in [0.2, 0.25) is 0 Å². The number of ketones is 1. The van der Waals surface area contributed by atoms with Gasteiger partial charge in [-0.2, -0.15) is 0 Å². The van der Waals surface area contributed by atoms with Crippen molar-refractivity contribution in [2.45, 2.75) is 6.42 Å². The van der Waals surface area contributed by atoms with Crippen LogP contribution in [0.25, 0.3) is 0 Å². The van der Waals surface area contributed by atoms with Crippen LogP contribution in [0.15, 0.2) is 46.8 Å². The molecule has 0 bridgehead atoms. The second kappa shape index (κ2) is 5.89. The molecule has 0 fully saturated rings. The van der Waals surface area contributed by atoms with E-state index in [9.17, 15) is 4.79 Å². The molecule has 6 heteroatoms. The summed E-state index contributed by atoms with van der Waals surface area (Å²) in [4.78, 5) is 18.7. The van der Waals surface area contributed by atoms with E-state index >= 15 is 0 Å². The third kappa shape index (κ3) is 2.35. The highest BCUT2D eigenvalue weighted by Crippen LogP contribution is 2.41. The van der Waals surface area contributed by atoms with E-state index in [0.29, 0.717) is 15.4 Å². The molecule has 4 rings (SSSR count). The summed E-state index contributed by atoms with van der Waals surface area (Å²) in [5.74, 6) is -0.0219. The molecule has 0 unspecified atom stereocenters. The Balaban J connectivity index is 1.79. The highest BCUT2D eigenvalue weighted by molar-refractivity contribution is 7.20. The van der Waals surface area contributed by atoms with Crippen molar-refractivity contribution < 1.29 is 4.79 Å². The number of fused-ring (bicyclic) bond motifs is 1. The van der Waals surface area contributed by atoms with E-state index in [0.717, 1.165) is 28.4 Å². The lowest BCUT2D eigenvalue weighted by atomic mass is 10.0. The molecule has 0 spiro atoms. The maximum Gasteiger partial charge on any atom is 0.215 e. The number of hydrogen-bond acceptors (Lipinski definition) is 6. The van der Waals surface area contributed by atoms with Crippen LogP contribution in [0.4, 0.5) is 16.4 Å². The molecular formula is C18H15N3OS2. The summed E-state index contributed by atoms with van der Waals surface area (Å²) < 4.78 is 0. The molecule has 0 atom stereocenters. The Kier molecular flexibility index (Phi) is 3.70. The van der Waals surface area contributed by atoms with Crippen molar-refractivity contribution in [3.05, 3.63) is 62.7 Å². The summed E-state index contributed by atoms with van der Waals surface area (Å²) in [5.41, 5.74) is 10.8. The van der Waals surface area contributed by atoms with Gasteiger partial charge in [-0.15, -0.1) is 22.7 Å². The van der Waals surface area contributed by atoms with E-state index in [4.69, 9.17) is 10.7 Å². The number of hydrogen-bond donors (Lipinski definition) is 2. The molecule has 0 saturated heterocycles. The Labute approximate surface area is 147 Å². The summed E-state index contributed by atoms with van der Waals surface area (Å²) in [6, 6.07) is 11.8. The van der Waals surface area contributed by atoms with Crippen molar-refractivity contribution >= 4 is 50.5 Å². The molecule has 0 saturated carbocycles. The zero-order valence-electron chi connectivity index (χ0n) is 13.0. The summed E-state index contributed by atoms with van der Waals surface area (Å²) >= 11 is 2.83. The van der Waals surface area contributed by atoms with Gasteiger partial charge in [0.1, 0.15) is 9.88 Å². The van der Waals surface area contributed by atoms with E-state index in [1.54, 1.807) is 0 Å². The van der Waals surface area contributed by atoms with E-state index in [-0.39, 0.29) is 5.78 Å². The summed E-state index contributed by atoms with van der Waals surface area (Å²) in [6.45, 7) is 0. The normalized spacial score (nSPS) is 12.8. The average molecular weight is 353 g/mol. The van der Waals surface area contributed by atoms with E-state index < -0.39 is 0 Å². The fraction of sp³-hybridized carbons (Fsp3) is 0.111. The molecular weight excluding hydrogens is 338 g/mol. The largest absolute Gasteiger partial charge is 0.397 e. The number of para-hydroxylation sites is 1. The number of nitrogens with zero attached hydrogens (tertiary/aromatic N) is 1. The van der Waals surface area contributed by atoms with Gasteiger partial charge >= 0.3 is 0 Å². The Bertz CT molecular complexity index is 955. The van der Waals surface area contributed by atoms with Crippen LogP contribution in [0, 0.1) is 0 Å². The molecule has 24 heavy (non-hydrogen) atoms. The van der Waals surface area contributed by atoms with E-state index in [1.807, 2.05) is 42.8 Å². The summed E-state index contributed by atoms with van der Waals surface area (Å²) in [7, 11) is 1.84. The maximum atomic E-state index is 12.7. The number of nitrogens with one attached hydrogen (secondary N) is 1. The second-order valence-corrected chi connectivity index (χ2v) is 7.44. The molecule has 0 aliphatic carbocycles. The van der Waals surface area contributed by atoms with Crippen molar-refractivity contribution in [3.8, 4) is 0 Å². The number of nitrogen functional groups attached to an aromatic ring is 1. The van der Waals surface area contributed by atoms with Gasteiger partial charge in [0.05, 0.1) is 27.5 Å². The van der Waals surface area contributed by atoms with Crippen LogP contribution in [0.5, 0.6) is 0 Å². The Morgan fingerprint density at radius 2 is 2.08 bits per heavy atom. The van der Waals surface area contributed by atoms with Crippen molar-refractivity contribution in [1.82, 2.24) is 0 Å². The molecule has 1 aromatic carbocycles. The quantitative estimate of drug-likeness (QED) is 0.686. The van der Waals surface area contributed by atoms with Crippen LogP contribution >= 0.6 is 22.7 Å². The SMILES string of the molecule is CNc1sc(C(=O)c2cccs2)c(N)c1C1=Nc2ccccc2C1. The molecule has 0 radical (unpaired) electrons. The predicted molar refractivity (Wildman–Crippen MR) is 102 cm³/mol. The predicted octanol–water partition coefficient (Wildman–Crippen LogP) is 4.34. The van der Waals surface area contributed by atoms with Crippen LogP contribution < -0.4 is 11.1 Å². The van der Waals surface area contributed by atoms with Gasteiger partial charge in [0.15, 0.2) is 0 Å². The van der Waals surface area contributed by atoms with Gasteiger partial charge in [-0.25, -0.2) is 0 Å². The molecule has 4 nitrogen and oxygen atoms in total. The van der Waals surface area contributed by atoms with Crippen molar-refractivity contribution in [2.24, 2.45) is 4.99 Å². The lowest BCUT2D eigenvalue weighted by Crippen LogP contribution is -2.07. The lowest BCUT2D eigenvalue weighted by molar-refractivity contribution is 0.104. The Hall–Kier alpha value is -2.44. The molecule has 3 heterocycles. The van der Waals surface area contributed by atoms with Gasteiger partial charge in [-0.1, -0.05) is 24.3 Å². The first-order valence-electron chi connectivity index (χ1n) is 7.53. The Morgan fingerprint density at radius 1 is 1.25 bits per heavy atom. The van der Waals surface area contributed by atoms with E-state index in [2.05, 4.69) is 11.4 Å².